The number of fused-ring (bicyclic) bond motifs is 3. The molecule has 5 heteroatoms. The van der Waals surface area contributed by atoms with Gasteiger partial charge in [-0.2, -0.15) is 0 Å². The summed E-state index contributed by atoms with van der Waals surface area (Å²) in [6.07, 6.45) is 4.12. The highest BCUT2D eigenvalue weighted by molar-refractivity contribution is 14.1. The Kier molecular flexibility index (Phi) is 5.01. The molecule has 2 nitrogen and oxygen atoms in total. The molecular weight excluding hydrogens is 445 g/mol. The van der Waals surface area contributed by atoms with E-state index in [-0.39, 0.29) is 6.04 Å². The third-order valence-corrected chi connectivity index (χ3v) is 5.94. The summed E-state index contributed by atoms with van der Waals surface area (Å²) in [6.45, 7) is 2.18. The molecule has 1 aliphatic heterocycles. The van der Waals surface area contributed by atoms with Gasteiger partial charge in [-0.3, -0.25) is 0 Å². The Balaban J connectivity index is 1.85. The fourth-order valence-corrected chi connectivity index (χ4v) is 4.30. The van der Waals surface area contributed by atoms with E-state index < -0.39 is 11.6 Å². The number of aromatic amines is 1. The third-order valence-electron chi connectivity index (χ3n) is 5.22. The largest absolute Gasteiger partial charge is 0.354 e. The van der Waals surface area contributed by atoms with E-state index in [1.807, 2.05) is 0 Å². The van der Waals surface area contributed by atoms with Crippen LogP contribution in [0, 0.1) is 15.2 Å². The van der Waals surface area contributed by atoms with Crippen molar-refractivity contribution in [3.63, 3.8) is 0 Å². The van der Waals surface area contributed by atoms with Gasteiger partial charge in [-0.1, -0.05) is 31.9 Å². The molecule has 0 radical (unpaired) electrons. The first-order valence-corrected chi connectivity index (χ1v) is 10.2. The minimum Gasteiger partial charge on any atom is -0.354 e. The molecule has 0 unspecified atom stereocenters. The van der Waals surface area contributed by atoms with Gasteiger partial charge in [-0.25, -0.2) is 8.78 Å². The van der Waals surface area contributed by atoms with Crippen molar-refractivity contribution in [2.45, 2.75) is 44.7 Å². The van der Waals surface area contributed by atoms with E-state index in [1.54, 1.807) is 0 Å². The van der Waals surface area contributed by atoms with Crippen molar-refractivity contribution in [2.75, 3.05) is 0 Å². The average molecular weight is 466 g/mol. The van der Waals surface area contributed by atoms with Gasteiger partial charge in [0, 0.05) is 26.8 Å². The number of hydrogen-bond donors (Lipinski definition) is 2. The molecule has 136 valence electrons. The summed E-state index contributed by atoms with van der Waals surface area (Å²) in [7, 11) is 0. The Bertz CT molecular complexity index is 933. The third kappa shape index (κ3) is 3.27. The van der Waals surface area contributed by atoms with Gasteiger partial charge < -0.3 is 10.3 Å². The van der Waals surface area contributed by atoms with Gasteiger partial charge in [0.2, 0.25) is 0 Å². The minimum absolute atomic E-state index is 0.0348. The highest BCUT2D eigenvalue weighted by Crippen LogP contribution is 2.37. The molecule has 0 saturated carbocycles. The number of hydrogen-bond acceptors (Lipinski definition) is 1. The van der Waals surface area contributed by atoms with E-state index in [9.17, 15) is 8.78 Å². The van der Waals surface area contributed by atoms with Crippen LogP contribution in [0.25, 0.3) is 10.9 Å². The molecule has 0 spiro atoms. The maximum atomic E-state index is 14.3. The highest BCUT2D eigenvalue weighted by atomic mass is 127. The molecule has 2 atom stereocenters. The Labute approximate surface area is 165 Å². The van der Waals surface area contributed by atoms with Gasteiger partial charge in [0.15, 0.2) is 0 Å². The van der Waals surface area contributed by atoms with Crippen molar-refractivity contribution in [3.8, 4) is 0 Å². The van der Waals surface area contributed by atoms with Gasteiger partial charge >= 0.3 is 0 Å². The summed E-state index contributed by atoms with van der Waals surface area (Å²) < 4.78 is 29.3. The van der Waals surface area contributed by atoms with Crippen LogP contribution in [-0.2, 0) is 6.42 Å². The molecule has 1 aromatic heterocycles. The quantitative estimate of drug-likeness (QED) is 0.465. The SMILES string of the molecule is CCCC[C@H]1Cc2c([nH]c3c(F)cc(F)cc23)[C@H](c2ccc(I)cc2)N1. The lowest BCUT2D eigenvalue weighted by atomic mass is 9.88. The van der Waals surface area contributed by atoms with Gasteiger partial charge in [0.25, 0.3) is 0 Å². The van der Waals surface area contributed by atoms with Crippen LogP contribution in [0.2, 0.25) is 0 Å². The summed E-state index contributed by atoms with van der Waals surface area (Å²) in [6, 6.07) is 11.0. The van der Waals surface area contributed by atoms with Crippen LogP contribution in [0.5, 0.6) is 0 Å². The van der Waals surface area contributed by atoms with Crippen molar-refractivity contribution in [1.82, 2.24) is 10.3 Å². The molecule has 0 saturated heterocycles. The van der Waals surface area contributed by atoms with Crippen LogP contribution in [0.4, 0.5) is 8.78 Å². The second-order valence-electron chi connectivity index (χ2n) is 7.02. The molecule has 0 aliphatic carbocycles. The van der Waals surface area contributed by atoms with E-state index in [4.69, 9.17) is 0 Å². The number of aromatic nitrogens is 1. The first-order valence-electron chi connectivity index (χ1n) is 9.07. The van der Waals surface area contributed by atoms with Crippen molar-refractivity contribution >= 4 is 33.5 Å². The normalized spacial score (nSPS) is 19.7. The summed E-state index contributed by atoms with van der Waals surface area (Å²) >= 11 is 2.29. The van der Waals surface area contributed by atoms with Crippen LogP contribution in [0.1, 0.15) is 49.0 Å². The Morgan fingerprint density at radius 3 is 2.65 bits per heavy atom. The fraction of sp³-hybridized carbons (Fsp3) is 0.333. The zero-order valence-electron chi connectivity index (χ0n) is 14.6. The summed E-state index contributed by atoms with van der Waals surface area (Å²) in [5, 5.41) is 4.40. The summed E-state index contributed by atoms with van der Waals surface area (Å²) in [5.74, 6) is -1.05. The second-order valence-corrected chi connectivity index (χ2v) is 8.27. The zero-order chi connectivity index (χ0) is 18.3. The molecule has 0 bridgehead atoms. The lowest BCUT2D eigenvalue weighted by molar-refractivity contribution is 0.403. The predicted molar refractivity (Wildman–Crippen MR) is 109 cm³/mol. The van der Waals surface area contributed by atoms with E-state index >= 15 is 0 Å². The molecule has 4 rings (SSSR count). The van der Waals surface area contributed by atoms with E-state index in [1.165, 1.54) is 9.64 Å². The van der Waals surface area contributed by atoms with Gasteiger partial charge in [0.05, 0.1) is 11.6 Å². The summed E-state index contributed by atoms with van der Waals surface area (Å²) in [5.41, 5.74) is 3.55. The van der Waals surface area contributed by atoms with E-state index in [0.717, 1.165) is 48.6 Å². The lowest BCUT2D eigenvalue weighted by Crippen LogP contribution is -2.39. The maximum Gasteiger partial charge on any atom is 0.150 e. The second kappa shape index (κ2) is 7.27. The molecule has 3 aromatic rings. The van der Waals surface area contributed by atoms with Gasteiger partial charge in [-0.15, -0.1) is 0 Å². The van der Waals surface area contributed by atoms with Gasteiger partial charge in [-0.05, 0) is 64.8 Å². The van der Waals surface area contributed by atoms with E-state index in [0.29, 0.717) is 16.9 Å². The van der Waals surface area contributed by atoms with Crippen LogP contribution < -0.4 is 5.32 Å². The van der Waals surface area contributed by atoms with Crippen LogP contribution in [0.3, 0.4) is 0 Å². The highest BCUT2D eigenvalue weighted by Gasteiger charge is 2.31. The van der Waals surface area contributed by atoms with Crippen molar-refractivity contribution in [2.24, 2.45) is 0 Å². The standard InChI is InChI=1S/C21H21F2IN2/c1-2-3-4-15-11-17-16-9-13(22)10-18(23)20(16)26-21(17)19(25-15)12-5-7-14(24)8-6-12/h5-10,15,19,25-26H,2-4,11H2,1H3/t15-,19-/m0/s1. The van der Waals surface area contributed by atoms with E-state index in [2.05, 4.69) is 64.1 Å². The molecule has 0 fully saturated rings. The van der Waals surface area contributed by atoms with Crippen molar-refractivity contribution < 1.29 is 8.78 Å². The molecule has 0 amide bonds. The Morgan fingerprint density at radius 2 is 1.92 bits per heavy atom. The van der Waals surface area contributed by atoms with Crippen molar-refractivity contribution in [1.29, 1.82) is 0 Å². The number of rotatable bonds is 4. The van der Waals surface area contributed by atoms with Crippen molar-refractivity contribution in [3.05, 3.63) is 68.4 Å². The maximum absolute atomic E-state index is 14.3. The number of halogens is 3. The topological polar surface area (TPSA) is 27.8 Å². The van der Waals surface area contributed by atoms with Crippen LogP contribution in [0.15, 0.2) is 36.4 Å². The number of benzene rings is 2. The fourth-order valence-electron chi connectivity index (χ4n) is 3.94. The molecule has 2 N–H and O–H groups in total. The number of H-pyrrole nitrogens is 1. The molecule has 26 heavy (non-hydrogen) atoms. The molecule has 1 aliphatic rings. The Morgan fingerprint density at radius 1 is 1.15 bits per heavy atom. The zero-order valence-corrected chi connectivity index (χ0v) is 16.7. The first-order chi connectivity index (χ1) is 12.6. The average Bonchev–Trinajstić information content (AvgIpc) is 2.99. The smallest absolute Gasteiger partial charge is 0.150 e. The van der Waals surface area contributed by atoms with Gasteiger partial charge in [0.1, 0.15) is 11.6 Å². The number of nitrogens with one attached hydrogen (secondary N) is 2. The number of unbranched alkanes of at least 4 members (excludes halogenated alkanes) is 1. The first kappa shape index (κ1) is 17.9. The molecule has 2 heterocycles. The summed E-state index contributed by atoms with van der Waals surface area (Å²) in [4.78, 5) is 3.25. The monoisotopic (exact) mass is 466 g/mol. The predicted octanol–water partition coefficient (Wildman–Crippen LogP) is 5.84. The lowest BCUT2D eigenvalue weighted by Gasteiger charge is -2.32. The van der Waals surface area contributed by atoms with Crippen LogP contribution in [-0.4, -0.2) is 11.0 Å². The minimum atomic E-state index is -0.527. The molecular formula is C21H21F2IN2. The molecule has 2 aromatic carbocycles. The Hall–Kier alpha value is -1.47. The van der Waals surface area contributed by atoms with Crippen LogP contribution >= 0.6 is 22.6 Å².